The first-order chi connectivity index (χ1) is 12.0. The minimum Gasteiger partial charge on any atom is -0.454 e. The van der Waals surface area contributed by atoms with Gasteiger partial charge in [-0.1, -0.05) is 44.2 Å². The molecule has 0 spiro atoms. The Labute approximate surface area is 148 Å². The molecule has 2 aromatic rings. The second-order valence-corrected chi connectivity index (χ2v) is 6.50. The molecule has 25 heavy (non-hydrogen) atoms. The predicted molar refractivity (Wildman–Crippen MR) is 98.7 cm³/mol. The quantitative estimate of drug-likeness (QED) is 0.821. The molecule has 1 unspecified atom stereocenters. The predicted octanol–water partition coefficient (Wildman–Crippen LogP) is 4.43. The maximum atomic E-state index is 12.2. The van der Waals surface area contributed by atoms with Crippen LogP contribution >= 0.6 is 0 Å². The van der Waals surface area contributed by atoms with Gasteiger partial charge in [-0.3, -0.25) is 4.79 Å². The topological polar surface area (TPSA) is 47.6 Å². The third-order valence-corrected chi connectivity index (χ3v) is 4.29. The fourth-order valence-electron chi connectivity index (χ4n) is 2.70. The van der Waals surface area contributed by atoms with E-state index in [1.165, 1.54) is 11.6 Å². The molecular weight excluding hydrogens is 314 g/mol. The Morgan fingerprint density at radius 3 is 2.40 bits per heavy atom. The highest BCUT2D eigenvalue weighted by molar-refractivity contribution is 5.92. The number of carbonyl (C=O) groups is 1. The van der Waals surface area contributed by atoms with Crippen molar-refractivity contribution in [1.29, 1.82) is 0 Å². The molecular formula is C21H23NO3. The second-order valence-electron chi connectivity index (χ2n) is 6.50. The fraction of sp³-hybridized carbons (Fsp3) is 0.286. The molecule has 1 atom stereocenters. The van der Waals surface area contributed by atoms with Crippen molar-refractivity contribution >= 4 is 12.0 Å². The Balaban J connectivity index is 1.59. The summed E-state index contributed by atoms with van der Waals surface area (Å²) >= 11 is 0. The van der Waals surface area contributed by atoms with Crippen LogP contribution in [0.4, 0.5) is 0 Å². The highest BCUT2D eigenvalue weighted by Gasteiger charge is 2.12. The first-order valence-corrected chi connectivity index (χ1v) is 8.51. The summed E-state index contributed by atoms with van der Waals surface area (Å²) in [4.78, 5) is 12.2. The largest absolute Gasteiger partial charge is 0.454 e. The van der Waals surface area contributed by atoms with Crippen molar-refractivity contribution in [2.45, 2.75) is 32.7 Å². The van der Waals surface area contributed by atoms with E-state index in [-0.39, 0.29) is 18.7 Å². The molecule has 0 aromatic heterocycles. The molecule has 1 N–H and O–H groups in total. The van der Waals surface area contributed by atoms with Crippen LogP contribution in [-0.2, 0) is 4.79 Å². The lowest BCUT2D eigenvalue weighted by Crippen LogP contribution is -2.24. The van der Waals surface area contributed by atoms with Crippen LogP contribution < -0.4 is 14.8 Å². The van der Waals surface area contributed by atoms with Gasteiger partial charge in [0.05, 0.1) is 6.04 Å². The van der Waals surface area contributed by atoms with Crippen LogP contribution in [0.25, 0.3) is 6.08 Å². The highest BCUT2D eigenvalue weighted by atomic mass is 16.7. The van der Waals surface area contributed by atoms with Gasteiger partial charge in [-0.25, -0.2) is 0 Å². The molecule has 0 aliphatic carbocycles. The van der Waals surface area contributed by atoms with Crippen LogP contribution in [0.1, 0.15) is 49.4 Å². The number of nitrogens with one attached hydrogen (secondary N) is 1. The minimum atomic E-state index is -0.127. The van der Waals surface area contributed by atoms with E-state index in [9.17, 15) is 4.79 Å². The first kappa shape index (κ1) is 17.1. The van der Waals surface area contributed by atoms with Crippen molar-refractivity contribution in [2.24, 2.45) is 0 Å². The standard InChI is InChI=1S/C21H23NO3/c1-14(2)17-6-8-18(9-7-17)15(3)22-21(23)11-5-16-4-10-19-20(12-16)25-13-24-19/h4-12,14-15H,13H2,1-3H3,(H,22,23)/b11-5+. The van der Waals surface area contributed by atoms with Crippen molar-refractivity contribution in [3.05, 3.63) is 65.2 Å². The number of hydrogen-bond acceptors (Lipinski definition) is 3. The van der Waals surface area contributed by atoms with Crippen LogP contribution in [0.15, 0.2) is 48.5 Å². The molecule has 0 radical (unpaired) electrons. The maximum absolute atomic E-state index is 12.2. The maximum Gasteiger partial charge on any atom is 0.244 e. The Morgan fingerprint density at radius 2 is 1.68 bits per heavy atom. The number of ether oxygens (including phenoxy) is 2. The SMILES string of the molecule is CC(C)c1ccc(C(C)NC(=O)/C=C/c2ccc3c(c2)OCO3)cc1. The molecule has 130 valence electrons. The summed E-state index contributed by atoms with van der Waals surface area (Å²) in [6.45, 7) is 6.56. The van der Waals surface area contributed by atoms with Gasteiger partial charge in [0, 0.05) is 6.08 Å². The third-order valence-electron chi connectivity index (χ3n) is 4.29. The number of amides is 1. The van der Waals surface area contributed by atoms with Gasteiger partial charge in [0.1, 0.15) is 0 Å². The van der Waals surface area contributed by atoms with Crippen LogP contribution in [0.2, 0.25) is 0 Å². The Morgan fingerprint density at radius 1 is 1.00 bits per heavy atom. The Hall–Kier alpha value is -2.75. The first-order valence-electron chi connectivity index (χ1n) is 8.51. The number of benzene rings is 2. The number of carbonyl (C=O) groups excluding carboxylic acids is 1. The van der Waals surface area contributed by atoms with Gasteiger partial charge < -0.3 is 14.8 Å². The van der Waals surface area contributed by atoms with Crippen LogP contribution in [0, 0.1) is 0 Å². The van der Waals surface area contributed by atoms with Crippen molar-refractivity contribution < 1.29 is 14.3 Å². The molecule has 0 fully saturated rings. The molecule has 1 aliphatic heterocycles. The molecule has 0 saturated heterocycles. The lowest BCUT2D eigenvalue weighted by molar-refractivity contribution is -0.117. The van der Waals surface area contributed by atoms with Gasteiger partial charge in [0.15, 0.2) is 11.5 Å². The molecule has 1 aliphatic rings. The van der Waals surface area contributed by atoms with E-state index in [0.717, 1.165) is 16.9 Å². The smallest absolute Gasteiger partial charge is 0.244 e. The van der Waals surface area contributed by atoms with Crippen LogP contribution in [-0.4, -0.2) is 12.7 Å². The fourth-order valence-corrected chi connectivity index (χ4v) is 2.70. The van der Waals surface area contributed by atoms with Gasteiger partial charge in [-0.2, -0.15) is 0 Å². The average Bonchev–Trinajstić information content (AvgIpc) is 3.07. The number of rotatable bonds is 5. The Kier molecular flexibility index (Phi) is 5.08. The van der Waals surface area contributed by atoms with Gasteiger partial charge in [0.2, 0.25) is 12.7 Å². The summed E-state index contributed by atoms with van der Waals surface area (Å²) in [5.41, 5.74) is 3.28. The van der Waals surface area contributed by atoms with Gasteiger partial charge >= 0.3 is 0 Å². The minimum absolute atomic E-state index is 0.0462. The van der Waals surface area contributed by atoms with Gasteiger partial charge in [0.25, 0.3) is 0 Å². The number of fused-ring (bicyclic) bond motifs is 1. The highest BCUT2D eigenvalue weighted by Crippen LogP contribution is 2.32. The molecule has 4 heteroatoms. The molecule has 2 aromatic carbocycles. The van der Waals surface area contributed by atoms with Gasteiger partial charge in [-0.15, -0.1) is 0 Å². The number of hydrogen-bond donors (Lipinski definition) is 1. The zero-order valence-electron chi connectivity index (χ0n) is 14.8. The van der Waals surface area contributed by atoms with Crippen molar-refractivity contribution in [2.75, 3.05) is 6.79 Å². The summed E-state index contributed by atoms with van der Waals surface area (Å²) in [6.07, 6.45) is 3.31. The monoisotopic (exact) mass is 337 g/mol. The van der Waals surface area contributed by atoms with E-state index >= 15 is 0 Å². The molecule has 3 rings (SSSR count). The zero-order valence-corrected chi connectivity index (χ0v) is 14.8. The van der Waals surface area contributed by atoms with Crippen LogP contribution in [0.5, 0.6) is 11.5 Å². The van der Waals surface area contributed by atoms with E-state index in [1.807, 2.05) is 25.1 Å². The molecule has 0 saturated carbocycles. The normalized spacial score (nSPS) is 14.1. The second kappa shape index (κ2) is 7.43. The van der Waals surface area contributed by atoms with E-state index in [0.29, 0.717) is 11.7 Å². The molecule has 1 amide bonds. The average molecular weight is 337 g/mol. The van der Waals surface area contributed by atoms with E-state index in [2.05, 4.69) is 43.4 Å². The lowest BCUT2D eigenvalue weighted by atomic mass is 9.99. The van der Waals surface area contributed by atoms with E-state index < -0.39 is 0 Å². The van der Waals surface area contributed by atoms with Crippen LogP contribution in [0.3, 0.4) is 0 Å². The molecule has 0 bridgehead atoms. The third kappa shape index (κ3) is 4.21. The summed E-state index contributed by atoms with van der Waals surface area (Å²) in [6, 6.07) is 13.9. The summed E-state index contributed by atoms with van der Waals surface area (Å²) < 4.78 is 10.6. The van der Waals surface area contributed by atoms with E-state index in [1.54, 1.807) is 6.08 Å². The van der Waals surface area contributed by atoms with Crippen molar-refractivity contribution in [1.82, 2.24) is 5.32 Å². The molecule has 1 heterocycles. The summed E-state index contributed by atoms with van der Waals surface area (Å²) in [5.74, 6) is 1.82. The van der Waals surface area contributed by atoms with Crippen molar-refractivity contribution in [3.63, 3.8) is 0 Å². The summed E-state index contributed by atoms with van der Waals surface area (Å²) in [5, 5.41) is 2.99. The lowest BCUT2D eigenvalue weighted by Gasteiger charge is -2.14. The Bertz CT molecular complexity index is 778. The summed E-state index contributed by atoms with van der Waals surface area (Å²) in [7, 11) is 0. The van der Waals surface area contributed by atoms with Gasteiger partial charge in [-0.05, 0) is 47.7 Å². The zero-order chi connectivity index (χ0) is 17.8. The van der Waals surface area contributed by atoms with Crippen molar-refractivity contribution in [3.8, 4) is 11.5 Å². The molecule has 4 nitrogen and oxygen atoms in total. The van der Waals surface area contributed by atoms with E-state index in [4.69, 9.17) is 9.47 Å².